The zero-order valence-electron chi connectivity index (χ0n) is 21.5. The number of anilines is 2. The van der Waals surface area contributed by atoms with Crippen LogP contribution in [0.3, 0.4) is 0 Å². The van der Waals surface area contributed by atoms with Crippen molar-refractivity contribution in [2.75, 3.05) is 36.0 Å². The van der Waals surface area contributed by atoms with E-state index in [9.17, 15) is 5.26 Å². The Morgan fingerprint density at radius 2 is 2.00 bits per heavy atom. The molecule has 180 valence electrons. The number of piperidine rings is 1. The van der Waals surface area contributed by atoms with Crippen LogP contribution in [0, 0.1) is 11.3 Å². The van der Waals surface area contributed by atoms with Crippen LogP contribution in [0.5, 0.6) is 0 Å². The smallest absolute Gasteiger partial charge is 0.128 e. The van der Waals surface area contributed by atoms with Crippen LogP contribution in [-0.4, -0.2) is 52.6 Å². The minimum atomic E-state index is -0.0276. The maximum absolute atomic E-state index is 9.57. The molecule has 2 N–H and O–H groups in total. The highest BCUT2D eigenvalue weighted by atomic mass is 15.3. The Kier molecular flexibility index (Phi) is 5.11. The van der Waals surface area contributed by atoms with Crippen molar-refractivity contribution in [1.29, 1.82) is 5.26 Å². The quantitative estimate of drug-likeness (QED) is 0.622. The van der Waals surface area contributed by atoms with Crippen LogP contribution in [0.1, 0.15) is 57.3 Å². The van der Waals surface area contributed by atoms with Gasteiger partial charge in [-0.25, -0.2) is 4.98 Å². The van der Waals surface area contributed by atoms with Gasteiger partial charge in [0.2, 0.25) is 0 Å². The molecule has 0 radical (unpaired) electrons. The van der Waals surface area contributed by atoms with Gasteiger partial charge in [0, 0.05) is 61.6 Å². The Hall–Kier alpha value is -3.21. The van der Waals surface area contributed by atoms with Crippen LogP contribution in [-0.2, 0) is 6.54 Å². The summed E-state index contributed by atoms with van der Waals surface area (Å²) in [6.45, 7) is 9.04. The average molecular weight is 469 g/mol. The number of hydrogen-bond donors (Lipinski definition) is 1. The zero-order valence-corrected chi connectivity index (χ0v) is 20.5. The summed E-state index contributed by atoms with van der Waals surface area (Å²) in [5.41, 5.74) is 11.2. The SMILES string of the molecule is [2H]c1ccc2c(N3C[C@@H](C)N4Cc5nc(N6CCC(N)(CC)CC6)ccc5[C@H]4C3)ccc(C#N)c2n1. The number of benzene rings is 1. The molecule has 2 aromatic heterocycles. The van der Waals surface area contributed by atoms with E-state index in [-0.39, 0.29) is 17.8 Å². The first-order valence-corrected chi connectivity index (χ1v) is 12.7. The highest BCUT2D eigenvalue weighted by Crippen LogP contribution is 2.41. The normalized spacial score (nSPS) is 24.1. The number of nitriles is 1. The van der Waals surface area contributed by atoms with Gasteiger partial charge in [-0.2, -0.15) is 5.26 Å². The second kappa shape index (κ2) is 8.47. The van der Waals surface area contributed by atoms with E-state index in [1.54, 1.807) is 6.07 Å². The number of rotatable bonds is 3. The molecular formula is C28H33N7. The number of pyridine rings is 2. The topological polar surface area (TPSA) is 85.3 Å². The Labute approximate surface area is 208 Å². The van der Waals surface area contributed by atoms with Crippen molar-refractivity contribution in [2.24, 2.45) is 5.73 Å². The van der Waals surface area contributed by atoms with E-state index in [1.807, 2.05) is 18.2 Å². The molecule has 2 atom stereocenters. The molecule has 35 heavy (non-hydrogen) atoms. The van der Waals surface area contributed by atoms with Gasteiger partial charge < -0.3 is 15.5 Å². The van der Waals surface area contributed by atoms with E-state index >= 15 is 0 Å². The molecule has 2 saturated heterocycles. The molecular weight excluding hydrogens is 434 g/mol. The van der Waals surface area contributed by atoms with E-state index in [2.05, 4.69) is 51.7 Å². The molecule has 1 aromatic carbocycles. The second-order valence-corrected chi connectivity index (χ2v) is 10.4. The van der Waals surface area contributed by atoms with Gasteiger partial charge in [0.05, 0.1) is 24.2 Å². The summed E-state index contributed by atoms with van der Waals surface area (Å²) in [7, 11) is 0. The molecule has 3 aliphatic rings. The predicted octanol–water partition coefficient (Wildman–Crippen LogP) is 3.97. The van der Waals surface area contributed by atoms with Gasteiger partial charge in [0.15, 0.2) is 0 Å². The fraction of sp³-hybridized carbons (Fsp3) is 0.464. The minimum Gasteiger partial charge on any atom is -0.368 e. The van der Waals surface area contributed by atoms with Crippen molar-refractivity contribution in [3.8, 4) is 6.07 Å². The van der Waals surface area contributed by atoms with Gasteiger partial charge in [-0.05, 0) is 62.1 Å². The maximum Gasteiger partial charge on any atom is 0.128 e. The minimum absolute atomic E-state index is 0.0276. The fourth-order valence-corrected chi connectivity index (χ4v) is 6.14. The molecule has 0 bridgehead atoms. The lowest BCUT2D eigenvalue weighted by Crippen LogP contribution is -2.51. The van der Waals surface area contributed by atoms with Crippen LogP contribution in [0.4, 0.5) is 11.5 Å². The highest BCUT2D eigenvalue weighted by molar-refractivity contribution is 5.95. The van der Waals surface area contributed by atoms with Gasteiger partial charge in [-0.15, -0.1) is 0 Å². The summed E-state index contributed by atoms with van der Waals surface area (Å²) in [5, 5.41) is 10.5. The van der Waals surface area contributed by atoms with Crippen molar-refractivity contribution in [2.45, 2.75) is 57.3 Å². The van der Waals surface area contributed by atoms with Gasteiger partial charge in [-0.1, -0.05) is 13.0 Å². The predicted molar refractivity (Wildman–Crippen MR) is 139 cm³/mol. The third-order valence-corrected chi connectivity index (χ3v) is 8.47. The molecule has 0 aliphatic carbocycles. The Morgan fingerprint density at radius 3 is 2.77 bits per heavy atom. The van der Waals surface area contributed by atoms with Crippen LogP contribution in [0.25, 0.3) is 10.9 Å². The lowest BCUT2D eigenvalue weighted by molar-refractivity contribution is 0.133. The molecule has 6 rings (SSSR count). The standard InChI is InChI=1S/C28H33N7/c1-3-28(30)10-13-33(14-11-28)26-9-7-21-23(32-26)17-35-19(2)16-34(18-25(21)35)24-8-6-20(15-29)27-22(24)5-4-12-31-27/h4-9,12,19,25H,3,10-11,13-14,16-18,30H2,1-2H3/t19-,25-/m1/s1/i12D. The average Bonchev–Trinajstić information content (AvgIpc) is 3.27. The summed E-state index contributed by atoms with van der Waals surface area (Å²) >= 11 is 0. The molecule has 3 aliphatic heterocycles. The lowest BCUT2D eigenvalue weighted by atomic mass is 9.86. The molecule has 0 spiro atoms. The number of hydrogen-bond acceptors (Lipinski definition) is 7. The van der Waals surface area contributed by atoms with Gasteiger partial charge in [0.1, 0.15) is 11.9 Å². The summed E-state index contributed by atoms with van der Waals surface area (Å²) in [6, 6.07) is 14.9. The summed E-state index contributed by atoms with van der Waals surface area (Å²) in [6.07, 6.45) is 3.23. The Bertz CT molecular complexity index is 1360. The molecule has 7 nitrogen and oxygen atoms in total. The van der Waals surface area contributed by atoms with Crippen molar-refractivity contribution in [1.82, 2.24) is 14.9 Å². The first-order valence-electron chi connectivity index (χ1n) is 13.2. The Morgan fingerprint density at radius 1 is 1.17 bits per heavy atom. The largest absolute Gasteiger partial charge is 0.368 e. The van der Waals surface area contributed by atoms with E-state index in [0.717, 1.165) is 68.9 Å². The number of fused-ring (bicyclic) bond motifs is 4. The first kappa shape index (κ1) is 21.1. The van der Waals surface area contributed by atoms with Crippen molar-refractivity contribution in [3.05, 3.63) is 59.4 Å². The van der Waals surface area contributed by atoms with Crippen LogP contribution < -0.4 is 15.5 Å². The van der Waals surface area contributed by atoms with E-state index in [4.69, 9.17) is 12.1 Å². The van der Waals surface area contributed by atoms with Crippen molar-refractivity contribution < 1.29 is 1.37 Å². The lowest BCUT2D eigenvalue weighted by Gasteiger charge is -2.43. The number of aromatic nitrogens is 2. The first-order chi connectivity index (χ1) is 17.4. The van der Waals surface area contributed by atoms with Crippen molar-refractivity contribution in [3.63, 3.8) is 0 Å². The third kappa shape index (κ3) is 3.72. The van der Waals surface area contributed by atoms with E-state index in [0.29, 0.717) is 17.1 Å². The van der Waals surface area contributed by atoms with Crippen molar-refractivity contribution >= 4 is 22.4 Å². The third-order valence-electron chi connectivity index (χ3n) is 8.47. The molecule has 2 fully saturated rings. The summed E-state index contributed by atoms with van der Waals surface area (Å²) in [4.78, 5) is 16.9. The van der Waals surface area contributed by atoms with Crippen LogP contribution >= 0.6 is 0 Å². The summed E-state index contributed by atoms with van der Waals surface area (Å²) < 4.78 is 7.94. The van der Waals surface area contributed by atoms with E-state index < -0.39 is 0 Å². The molecule has 0 saturated carbocycles. The monoisotopic (exact) mass is 468 g/mol. The highest BCUT2D eigenvalue weighted by Gasteiger charge is 2.40. The Balaban J connectivity index is 1.28. The number of piperazine rings is 1. The number of nitrogens with two attached hydrogens (primary N) is 1. The molecule has 0 unspecified atom stereocenters. The second-order valence-electron chi connectivity index (χ2n) is 10.4. The summed E-state index contributed by atoms with van der Waals surface area (Å²) in [5.74, 6) is 1.08. The molecule has 5 heterocycles. The molecule has 0 amide bonds. The number of nitrogens with zero attached hydrogens (tertiary/aromatic N) is 6. The maximum atomic E-state index is 9.57. The van der Waals surface area contributed by atoms with Gasteiger partial charge in [-0.3, -0.25) is 9.88 Å². The van der Waals surface area contributed by atoms with Gasteiger partial charge in [0.25, 0.3) is 0 Å². The molecule has 7 heteroatoms. The van der Waals surface area contributed by atoms with Crippen LogP contribution in [0.15, 0.2) is 42.6 Å². The molecule has 3 aromatic rings. The van der Waals surface area contributed by atoms with Crippen LogP contribution in [0.2, 0.25) is 0 Å². The van der Waals surface area contributed by atoms with E-state index in [1.165, 1.54) is 11.3 Å². The fourth-order valence-electron chi connectivity index (χ4n) is 6.14. The zero-order chi connectivity index (χ0) is 25.0. The van der Waals surface area contributed by atoms with Gasteiger partial charge >= 0.3 is 0 Å².